The molecule has 2 aliphatic rings. The molecule has 3 heterocycles. The summed E-state index contributed by atoms with van der Waals surface area (Å²) in [6.45, 7) is 10.0. The summed E-state index contributed by atoms with van der Waals surface area (Å²) in [5, 5.41) is 18.4. The number of aliphatic hydroxyl groups is 1. The van der Waals surface area contributed by atoms with Gasteiger partial charge < -0.3 is 15.2 Å². The molecule has 2 aromatic rings. The van der Waals surface area contributed by atoms with Crippen LogP contribution in [0.2, 0.25) is 0 Å². The van der Waals surface area contributed by atoms with Crippen molar-refractivity contribution >= 4 is 21.5 Å². The van der Waals surface area contributed by atoms with Gasteiger partial charge in [0.2, 0.25) is 10.0 Å². The summed E-state index contributed by atoms with van der Waals surface area (Å²) in [6.07, 6.45) is 3.47. The van der Waals surface area contributed by atoms with Crippen molar-refractivity contribution in [3.05, 3.63) is 35.2 Å². The van der Waals surface area contributed by atoms with Crippen LogP contribution >= 0.6 is 0 Å². The highest BCUT2D eigenvalue weighted by Gasteiger charge is 2.35. The minimum atomic E-state index is -3.85. The summed E-state index contributed by atoms with van der Waals surface area (Å²) >= 11 is 0. The van der Waals surface area contributed by atoms with Gasteiger partial charge in [-0.1, -0.05) is 20.3 Å². The smallest absolute Gasteiger partial charge is 0.242 e. The molecule has 1 unspecified atom stereocenters. The maximum atomic E-state index is 13.5. The van der Waals surface area contributed by atoms with Crippen molar-refractivity contribution in [1.82, 2.24) is 24.7 Å². The van der Waals surface area contributed by atoms with Gasteiger partial charge in [-0.25, -0.2) is 13.4 Å². The SMILES string of the molecule is CCCOc1ccc(S(=O)(=O)NC(C)(C)N2CCCC2)cc1C1=Nc2c(CCC)nn(C)c2C(O)N1. The normalized spacial score (nSPS) is 18.6. The van der Waals surface area contributed by atoms with Crippen LogP contribution in [0, 0.1) is 0 Å². The fraction of sp³-hybridized carbons (Fsp3) is 0.600. The number of aromatic nitrogens is 2. The molecule has 10 nitrogen and oxygen atoms in total. The third kappa shape index (κ3) is 5.29. The second kappa shape index (κ2) is 10.5. The molecule has 0 radical (unpaired) electrons. The van der Waals surface area contributed by atoms with Crippen molar-refractivity contribution in [2.75, 3.05) is 19.7 Å². The molecule has 11 heteroatoms. The van der Waals surface area contributed by atoms with Gasteiger partial charge in [-0.3, -0.25) is 9.58 Å². The predicted molar refractivity (Wildman–Crippen MR) is 139 cm³/mol. The zero-order valence-corrected chi connectivity index (χ0v) is 22.7. The Bertz CT molecular complexity index is 1230. The van der Waals surface area contributed by atoms with E-state index in [-0.39, 0.29) is 4.90 Å². The van der Waals surface area contributed by atoms with Crippen LogP contribution in [0.5, 0.6) is 5.75 Å². The molecule has 0 amide bonds. The molecule has 2 aliphatic heterocycles. The van der Waals surface area contributed by atoms with Crippen molar-refractivity contribution in [1.29, 1.82) is 0 Å². The van der Waals surface area contributed by atoms with Crippen molar-refractivity contribution in [2.45, 2.75) is 76.6 Å². The van der Waals surface area contributed by atoms with Gasteiger partial charge in [-0.15, -0.1) is 0 Å². The number of hydrogen-bond acceptors (Lipinski definition) is 8. The Labute approximate surface area is 213 Å². The third-order valence-electron chi connectivity index (χ3n) is 6.64. The molecule has 3 N–H and O–H groups in total. The Morgan fingerprint density at radius 2 is 1.94 bits per heavy atom. The molecular formula is C25H38N6O4S. The number of ether oxygens (including phenoxy) is 1. The van der Waals surface area contributed by atoms with Crippen molar-refractivity contribution in [3.63, 3.8) is 0 Å². The lowest BCUT2D eigenvalue weighted by Gasteiger charge is -2.35. The lowest BCUT2D eigenvalue weighted by Crippen LogP contribution is -2.55. The van der Waals surface area contributed by atoms with E-state index < -0.39 is 21.9 Å². The fourth-order valence-corrected chi connectivity index (χ4v) is 6.25. The van der Waals surface area contributed by atoms with Crippen molar-refractivity contribution in [3.8, 4) is 5.75 Å². The number of nitrogens with one attached hydrogen (secondary N) is 2. The molecule has 0 aliphatic carbocycles. The van der Waals surface area contributed by atoms with Crippen LogP contribution in [-0.4, -0.2) is 59.4 Å². The topological polar surface area (TPSA) is 121 Å². The molecule has 4 rings (SSSR count). The van der Waals surface area contributed by atoms with E-state index in [2.05, 4.69) is 27.0 Å². The number of nitrogens with zero attached hydrogens (tertiary/aromatic N) is 4. The first-order valence-electron chi connectivity index (χ1n) is 12.7. The first-order chi connectivity index (χ1) is 17.1. The number of amidine groups is 1. The van der Waals surface area contributed by atoms with Crippen LogP contribution in [0.4, 0.5) is 5.69 Å². The van der Waals surface area contributed by atoms with E-state index in [0.29, 0.717) is 35.1 Å². The maximum Gasteiger partial charge on any atom is 0.242 e. The number of sulfonamides is 1. The standard InChI is InChI=1S/C25H38N6O4S/c1-6-10-19-21-22(30(5)28-19)24(32)27-23(26-21)18-16-17(11-12-20(18)35-15-7-2)36(33,34)29-25(3,4)31-13-8-9-14-31/h11-12,16,24,29,32H,6-10,13-15H2,1-5H3,(H,26,27). The van der Waals surface area contributed by atoms with Crippen LogP contribution < -0.4 is 14.8 Å². The first-order valence-corrected chi connectivity index (χ1v) is 14.2. The van der Waals surface area contributed by atoms with Gasteiger partial charge in [0.1, 0.15) is 23.0 Å². The minimum Gasteiger partial charge on any atom is -0.493 e. The summed E-state index contributed by atoms with van der Waals surface area (Å²) in [6, 6.07) is 4.77. The van der Waals surface area contributed by atoms with Gasteiger partial charge in [0.15, 0.2) is 6.23 Å². The second-order valence-electron chi connectivity index (χ2n) is 9.93. The third-order valence-corrected chi connectivity index (χ3v) is 8.28. The number of aliphatic hydroxyl groups excluding tert-OH is 1. The molecule has 1 atom stereocenters. The molecule has 1 aromatic heterocycles. The lowest BCUT2D eigenvalue weighted by atomic mass is 10.1. The van der Waals surface area contributed by atoms with Crippen LogP contribution in [0.1, 0.15) is 76.6 Å². The van der Waals surface area contributed by atoms with Crippen LogP contribution in [0.25, 0.3) is 0 Å². The van der Waals surface area contributed by atoms with Crippen molar-refractivity contribution in [2.24, 2.45) is 12.0 Å². The predicted octanol–water partition coefficient (Wildman–Crippen LogP) is 2.94. The number of likely N-dealkylation sites (tertiary alicyclic amines) is 1. The van der Waals surface area contributed by atoms with Crippen LogP contribution in [0.15, 0.2) is 28.1 Å². The van der Waals surface area contributed by atoms with Gasteiger partial charge >= 0.3 is 0 Å². The highest BCUT2D eigenvalue weighted by molar-refractivity contribution is 7.89. The van der Waals surface area contributed by atoms with Gasteiger partial charge in [0, 0.05) is 7.05 Å². The highest BCUT2D eigenvalue weighted by atomic mass is 32.2. The molecule has 1 fully saturated rings. The summed E-state index contributed by atoms with van der Waals surface area (Å²) in [5.74, 6) is 0.847. The number of rotatable bonds is 10. The molecule has 0 spiro atoms. The zero-order valence-electron chi connectivity index (χ0n) is 21.8. The first kappa shape index (κ1) is 26.6. The highest BCUT2D eigenvalue weighted by Crippen LogP contribution is 2.35. The van der Waals surface area contributed by atoms with E-state index >= 15 is 0 Å². The molecule has 198 valence electrons. The molecule has 36 heavy (non-hydrogen) atoms. The molecule has 0 bridgehead atoms. The number of aryl methyl sites for hydroxylation is 2. The fourth-order valence-electron chi connectivity index (χ4n) is 4.82. The van der Waals surface area contributed by atoms with Gasteiger partial charge in [0.25, 0.3) is 0 Å². The Balaban J connectivity index is 1.76. The second-order valence-corrected chi connectivity index (χ2v) is 11.6. The number of fused-ring (bicyclic) bond motifs is 1. The lowest BCUT2D eigenvalue weighted by molar-refractivity contribution is 0.143. The Morgan fingerprint density at radius 1 is 1.22 bits per heavy atom. The average molecular weight is 519 g/mol. The summed E-state index contributed by atoms with van der Waals surface area (Å²) in [5.41, 5.74) is 1.74. The summed E-state index contributed by atoms with van der Waals surface area (Å²) in [7, 11) is -2.07. The molecule has 1 saturated heterocycles. The Kier molecular flexibility index (Phi) is 7.75. The maximum absolute atomic E-state index is 13.5. The minimum absolute atomic E-state index is 0.110. The monoisotopic (exact) mass is 518 g/mol. The zero-order chi connectivity index (χ0) is 26.1. The number of aliphatic imine (C=N–C) groups is 1. The van der Waals surface area contributed by atoms with Gasteiger partial charge in [-0.05, 0) is 70.8 Å². The van der Waals surface area contributed by atoms with E-state index in [4.69, 9.17) is 9.73 Å². The van der Waals surface area contributed by atoms with Gasteiger partial charge in [0.05, 0.1) is 28.4 Å². The quantitative estimate of drug-likeness (QED) is 0.442. The van der Waals surface area contributed by atoms with E-state index in [1.54, 1.807) is 29.9 Å². The summed E-state index contributed by atoms with van der Waals surface area (Å²) in [4.78, 5) is 7.05. The van der Waals surface area contributed by atoms with E-state index in [1.165, 1.54) is 0 Å². The molecule has 0 saturated carbocycles. The molecular weight excluding hydrogens is 480 g/mol. The molecule has 1 aromatic carbocycles. The van der Waals surface area contributed by atoms with E-state index in [0.717, 1.165) is 50.9 Å². The van der Waals surface area contributed by atoms with Gasteiger partial charge in [-0.2, -0.15) is 9.82 Å². The average Bonchev–Trinajstić information content (AvgIpc) is 3.47. The van der Waals surface area contributed by atoms with E-state index in [9.17, 15) is 13.5 Å². The van der Waals surface area contributed by atoms with Crippen LogP contribution in [0.3, 0.4) is 0 Å². The largest absolute Gasteiger partial charge is 0.493 e. The Morgan fingerprint density at radius 3 is 2.61 bits per heavy atom. The van der Waals surface area contributed by atoms with Crippen molar-refractivity contribution < 1.29 is 18.3 Å². The summed E-state index contributed by atoms with van der Waals surface area (Å²) < 4.78 is 37.4. The number of hydrogen-bond donors (Lipinski definition) is 3. The van der Waals surface area contributed by atoms with Crippen LogP contribution in [-0.2, 0) is 23.5 Å². The Hall–Kier alpha value is -2.47. The van der Waals surface area contributed by atoms with E-state index in [1.807, 2.05) is 20.8 Å². The number of benzene rings is 1.